The first-order chi connectivity index (χ1) is 13.2. The Bertz CT molecular complexity index is 942. The molecule has 3 rings (SSSR count). The van der Waals surface area contributed by atoms with E-state index in [9.17, 15) is 27.9 Å². The first-order valence-electron chi connectivity index (χ1n) is 8.29. The maximum Gasteiger partial charge on any atom is 0.573 e. The molecule has 0 bridgehead atoms. The number of ketones is 1. The molecule has 9 heteroatoms. The number of alkyl halides is 3. The Morgan fingerprint density at radius 2 is 2.00 bits per heavy atom. The molecule has 1 aromatic heterocycles. The van der Waals surface area contributed by atoms with Gasteiger partial charge in [-0.05, 0) is 24.3 Å². The van der Waals surface area contributed by atoms with Crippen molar-refractivity contribution in [2.24, 2.45) is 0 Å². The molecule has 0 radical (unpaired) electrons. The zero-order chi connectivity index (χ0) is 20.5. The molecule has 1 unspecified atom stereocenters. The van der Waals surface area contributed by atoms with Crippen molar-refractivity contribution in [1.82, 2.24) is 4.98 Å². The summed E-state index contributed by atoms with van der Waals surface area (Å²) in [6, 6.07) is 8.50. The number of Topliss-reactive ketones (excluding diaryl/α,β-unsaturated/α-hetero) is 1. The molecule has 2 aromatic rings. The Labute approximate surface area is 157 Å². The molecule has 0 spiro atoms. The quantitative estimate of drug-likeness (QED) is 0.836. The predicted molar refractivity (Wildman–Crippen MR) is 92.5 cm³/mol. The number of carbonyl (C=O) groups excluding carboxylic acids is 2. The lowest BCUT2D eigenvalue weighted by Crippen LogP contribution is -2.31. The third-order valence-corrected chi connectivity index (χ3v) is 4.13. The summed E-state index contributed by atoms with van der Waals surface area (Å²) < 4.78 is 41.5. The second kappa shape index (κ2) is 7.34. The van der Waals surface area contributed by atoms with Crippen LogP contribution in [0.5, 0.6) is 5.75 Å². The van der Waals surface area contributed by atoms with E-state index in [1.165, 1.54) is 18.3 Å². The van der Waals surface area contributed by atoms with Gasteiger partial charge >= 0.3 is 6.36 Å². The van der Waals surface area contributed by atoms with Gasteiger partial charge in [0, 0.05) is 24.4 Å². The summed E-state index contributed by atoms with van der Waals surface area (Å²) >= 11 is 0. The second-order valence-corrected chi connectivity index (χ2v) is 5.92. The van der Waals surface area contributed by atoms with Crippen LogP contribution in [0.1, 0.15) is 25.1 Å². The van der Waals surface area contributed by atoms with E-state index < -0.39 is 35.6 Å². The average molecular weight is 392 g/mol. The van der Waals surface area contributed by atoms with Gasteiger partial charge in [-0.3, -0.25) is 19.5 Å². The number of nitrogens with zero attached hydrogens (tertiary/aromatic N) is 2. The maximum absolute atomic E-state index is 12.7. The number of benzene rings is 1. The molecule has 0 aliphatic carbocycles. The minimum Gasteiger partial charge on any atom is -0.503 e. The van der Waals surface area contributed by atoms with Gasteiger partial charge in [0.25, 0.3) is 5.91 Å². The average Bonchev–Trinajstić information content (AvgIpc) is 2.92. The van der Waals surface area contributed by atoms with Gasteiger partial charge in [-0.15, -0.1) is 13.2 Å². The summed E-state index contributed by atoms with van der Waals surface area (Å²) in [5.74, 6) is -2.65. The number of anilines is 1. The van der Waals surface area contributed by atoms with Gasteiger partial charge in [-0.1, -0.05) is 19.1 Å². The summed E-state index contributed by atoms with van der Waals surface area (Å²) in [5.41, 5.74) is 0.167. The van der Waals surface area contributed by atoms with Crippen molar-refractivity contribution < 1.29 is 32.6 Å². The molecule has 1 aliphatic heterocycles. The Hall–Kier alpha value is -3.36. The Morgan fingerprint density at radius 3 is 2.61 bits per heavy atom. The van der Waals surface area contributed by atoms with Crippen LogP contribution in [-0.2, 0) is 9.59 Å². The Kier molecular flexibility index (Phi) is 5.08. The molecule has 28 heavy (non-hydrogen) atoms. The SMILES string of the molecule is CCC(=O)C1=C(O)C(=O)N(c2cccc(OC(F)(F)F)c2)C1c1ccccn1. The zero-order valence-electron chi connectivity index (χ0n) is 14.6. The lowest BCUT2D eigenvalue weighted by atomic mass is 9.98. The molecule has 1 aliphatic rings. The van der Waals surface area contributed by atoms with Crippen LogP contribution in [0.25, 0.3) is 0 Å². The van der Waals surface area contributed by atoms with E-state index in [0.717, 1.165) is 17.0 Å². The highest BCUT2D eigenvalue weighted by Gasteiger charge is 2.44. The molecule has 0 fully saturated rings. The maximum atomic E-state index is 12.7. The first-order valence-corrected chi connectivity index (χ1v) is 8.29. The zero-order valence-corrected chi connectivity index (χ0v) is 14.6. The molecule has 1 aromatic carbocycles. The molecule has 1 atom stereocenters. The molecular formula is C19H15F3N2O4. The Morgan fingerprint density at radius 1 is 1.25 bits per heavy atom. The largest absolute Gasteiger partial charge is 0.573 e. The number of ether oxygens (including phenoxy) is 1. The van der Waals surface area contributed by atoms with Crippen molar-refractivity contribution in [3.05, 3.63) is 65.7 Å². The van der Waals surface area contributed by atoms with Gasteiger partial charge in [0.2, 0.25) is 0 Å². The second-order valence-electron chi connectivity index (χ2n) is 5.92. The number of hydrogen-bond acceptors (Lipinski definition) is 5. The van der Waals surface area contributed by atoms with Crippen molar-refractivity contribution in [1.29, 1.82) is 0 Å². The predicted octanol–water partition coefficient (Wildman–Crippen LogP) is 3.86. The van der Waals surface area contributed by atoms with Gasteiger partial charge in [0.1, 0.15) is 11.8 Å². The van der Waals surface area contributed by atoms with Crippen molar-refractivity contribution in [2.75, 3.05) is 4.90 Å². The summed E-state index contributed by atoms with van der Waals surface area (Å²) in [7, 11) is 0. The molecule has 6 nitrogen and oxygen atoms in total. The topological polar surface area (TPSA) is 79.7 Å². The van der Waals surface area contributed by atoms with Crippen LogP contribution in [0.15, 0.2) is 60.0 Å². The van der Waals surface area contributed by atoms with E-state index in [0.29, 0.717) is 5.69 Å². The highest BCUT2D eigenvalue weighted by Crippen LogP contribution is 2.41. The number of pyridine rings is 1. The molecule has 146 valence electrons. The summed E-state index contributed by atoms with van der Waals surface area (Å²) in [6.07, 6.45) is -3.43. The number of aliphatic hydroxyl groups is 1. The van der Waals surface area contributed by atoms with Crippen molar-refractivity contribution in [3.8, 4) is 5.75 Å². The molecule has 1 amide bonds. The van der Waals surface area contributed by atoms with Crippen LogP contribution in [0.4, 0.5) is 18.9 Å². The van der Waals surface area contributed by atoms with Gasteiger partial charge in [-0.2, -0.15) is 0 Å². The molecule has 2 heterocycles. The van der Waals surface area contributed by atoms with E-state index in [4.69, 9.17) is 0 Å². The molecule has 0 saturated heterocycles. The van der Waals surface area contributed by atoms with Crippen molar-refractivity contribution in [2.45, 2.75) is 25.7 Å². The lowest BCUT2D eigenvalue weighted by Gasteiger charge is -2.26. The Balaban J connectivity index is 2.11. The third-order valence-electron chi connectivity index (χ3n) is 4.13. The van der Waals surface area contributed by atoms with Gasteiger partial charge < -0.3 is 9.84 Å². The minimum absolute atomic E-state index is 0.0212. The lowest BCUT2D eigenvalue weighted by molar-refractivity contribution is -0.274. The fraction of sp³-hybridized carbons (Fsp3) is 0.211. The van der Waals surface area contributed by atoms with E-state index in [-0.39, 0.29) is 17.7 Å². The van der Waals surface area contributed by atoms with Crippen LogP contribution in [0.3, 0.4) is 0 Å². The van der Waals surface area contributed by atoms with Gasteiger partial charge in [0.15, 0.2) is 11.5 Å². The monoisotopic (exact) mass is 392 g/mol. The fourth-order valence-electron chi connectivity index (χ4n) is 2.99. The molecular weight excluding hydrogens is 377 g/mol. The van der Waals surface area contributed by atoms with Crippen LogP contribution < -0.4 is 9.64 Å². The number of hydrogen-bond donors (Lipinski definition) is 1. The van der Waals surface area contributed by atoms with Gasteiger partial charge in [-0.25, -0.2) is 0 Å². The standard InChI is InChI=1S/C19H15F3N2O4/c1-2-14(25)15-16(13-8-3-4-9-23-13)24(18(27)17(15)26)11-6-5-7-12(10-11)28-19(20,21)22/h3-10,16,26H,2H2,1H3. The highest BCUT2D eigenvalue weighted by atomic mass is 19.4. The van der Waals surface area contributed by atoms with E-state index in [1.807, 2.05) is 0 Å². The van der Waals surface area contributed by atoms with Crippen molar-refractivity contribution in [3.63, 3.8) is 0 Å². The normalized spacial score (nSPS) is 17.2. The smallest absolute Gasteiger partial charge is 0.503 e. The van der Waals surface area contributed by atoms with Crippen LogP contribution >= 0.6 is 0 Å². The summed E-state index contributed by atoms with van der Waals surface area (Å²) in [6.45, 7) is 1.57. The van der Waals surface area contributed by atoms with Crippen molar-refractivity contribution >= 4 is 17.4 Å². The van der Waals surface area contributed by atoms with Crippen LogP contribution in [0.2, 0.25) is 0 Å². The van der Waals surface area contributed by atoms with Gasteiger partial charge in [0.05, 0.1) is 11.3 Å². The van der Waals surface area contributed by atoms with Crippen LogP contribution in [-0.4, -0.2) is 28.1 Å². The number of halogens is 3. The summed E-state index contributed by atoms with van der Waals surface area (Å²) in [5, 5.41) is 10.3. The number of carbonyl (C=O) groups is 2. The number of rotatable bonds is 5. The van der Waals surface area contributed by atoms with E-state index in [2.05, 4.69) is 9.72 Å². The number of amides is 1. The van der Waals surface area contributed by atoms with E-state index in [1.54, 1.807) is 25.1 Å². The molecule has 0 saturated carbocycles. The minimum atomic E-state index is -4.91. The third kappa shape index (κ3) is 3.68. The fourth-order valence-corrected chi connectivity index (χ4v) is 2.99. The molecule has 1 N–H and O–H groups in total. The van der Waals surface area contributed by atoms with Crippen LogP contribution in [0, 0.1) is 0 Å². The first kappa shape index (κ1) is 19.4. The number of aromatic nitrogens is 1. The number of aliphatic hydroxyl groups excluding tert-OH is 1. The summed E-state index contributed by atoms with van der Waals surface area (Å²) in [4.78, 5) is 30.3. The highest BCUT2D eigenvalue weighted by molar-refractivity contribution is 6.16. The van der Waals surface area contributed by atoms with E-state index >= 15 is 0 Å².